The molecular formula is C14H19N3O4S. The number of hydrogen-bond donors (Lipinski definition) is 2. The molecule has 2 N–H and O–H groups in total. The van der Waals surface area contributed by atoms with Gasteiger partial charge in [-0.3, -0.25) is 9.59 Å². The van der Waals surface area contributed by atoms with Crippen LogP contribution in [0.25, 0.3) is 0 Å². The molecule has 1 saturated heterocycles. The zero-order valence-electron chi connectivity index (χ0n) is 12.3. The summed E-state index contributed by atoms with van der Waals surface area (Å²) in [4.78, 5) is 22.9. The number of nitrogens with one attached hydrogen (secondary N) is 2. The van der Waals surface area contributed by atoms with E-state index in [9.17, 15) is 18.0 Å². The van der Waals surface area contributed by atoms with Gasteiger partial charge in [0.1, 0.15) is 0 Å². The van der Waals surface area contributed by atoms with E-state index >= 15 is 0 Å². The summed E-state index contributed by atoms with van der Waals surface area (Å²) in [5.74, 6) is -0.448. The molecule has 0 saturated carbocycles. The molecule has 2 amide bonds. The molecule has 2 rings (SSSR count). The van der Waals surface area contributed by atoms with Gasteiger partial charge < -0.3 is 10.6 Å². The Kier molecular flexibility index (Phi) is 5.15. The number of carbonyl (C=O) groups excluding carboxylic acids is 2. The van der Waals surface area contributed by atoms with Gasteiger partial charge in [-0.25, -0.2) is 8.42 Å². The summed E-state index contributed by atoms with van der Waals surface area (Å²) in [5, 5.41) is 5.27. The number of carbonyl (C=O) groups is 2. The highest BCUT2D eigenvalue weighted by molar-refractivity contribution is 7.89. The topological polar surface area (TPSA) is 95.6 Å². The van der Waals surface area contributed by atoms with E-state index in [1.807, 2.05) is 0 Å². The van der Waals surface area contributed by atoms with Gasteiger partial charge in [-0.1, -0.05) is 0 Å². The van der Waals surface area contributed by atoms with Crippen LogP contribution in [0.3, 0.4) is 0 Å². The molecule has 1 aliphatic rings. The van der Waals surface area contributed by atoms with Gasteiger partial charge >= 0.3 is 0 Å². The van der Waals surface area contributed by atoms with Crippen LogP contribution in [0.4, 0.5) is 11.4 Å². The predicted molar refractivity (Wildman–Crippen MR) is 84.0 cm³/mol. The zero-order chi connectivity index (χ0) is 16.2. The molecule has 0 atom stereocenters. The van der Waals surface area contributed by atoms with E-state index in [1.54, 1.807) is 24.3 Å². The minimum Gasteiger partial charge on any atom is -0.326 e. The zero-order valence-corrected chi connectivity index (χ0v) is 13.1. The highest BCUT2D eigenvalue weighted by Gasteiger charge is 2.27. The molecule has 120 valence electrons. The fourth-order valence-corrected chi connectivity index (χ4v) is 3.77. The van der Waals surface area contributed by atoms with Crippen LogP contribution in [0.5, 0.6) is 0 Å². The molecule has 0 radical (unpaired) electrons. The van der Waals surface area contributed by atoms with E-state index in [0.29, 0.717) is 24.3 Å². The molecule has 0 spiro atoms. The first kappa shape index (κ1) is 16.4. The summed E-state index contributed by atoms with van der Waals surface area (Å²) in [5.41, 5.74) is 1.18. The summed E-state index contributed by atoms with van der Waals surface area (Å²) in [6.07, 6.45) is 1.42. The SMILES string of the molecule is CC(=O)Nc1ccc(NC(=O)CN2CCCCS2(=O)=O)cc1. The monoisotopic (exact) mass is 325 g/mol. The van der Waals surface area contributed by atoms with Gasteiger partial charge in [0.25, 0.3) is 0 Å². The maximum Gasteiger partial charge on any atom is 0.239 e. The van der Waals surface area contributed by atoms with Crippen molar-refractivity contribution < 1.29 is 18.0 Å². The largest absolute Gasteiger partial charge is 0.326 e. The average Bonchev–Trinajstić information content (AvgIpc) is 2.43. The standard InChI is InChI=1S/C14H19N3O4S/c1-11(18)15-12-4-6-13(7-5-12)16-14(19)10-17-8-2-3-9-22(17,20)21/h4-7H,2-3,8-10H2,1H3,(H,15,18)(H,16,19). The van der Waals surface area contributed by atoms with Gasteiger partial charge in [0.05, 0.1) is 12.3 Å². The first-order valence-electron chi connectivity index (χ1n) is 7.02. The number of rotatable bonds is 4. The summed E-state index contributed by atoms with van der Waals surface area (Å²) < 4.78 is 24.9. The van der Waals surface area contributed by atoms with Crippen LogP contribution in [0.1, 0.15) is 19.8 Å². The smallest absolute Gasteiger partial charge is 0.239 e. The van der Waals surface area contributed by atoms with Crippen molar-refractivity contribution in [2.75, 3.05) is 29.5 Å². The maximum absolute atomic E-state index is 11.9. The lowest BCUT2D eigenvalue weighted by atomic mass is 10.2. The van der Waals surface area contributed by atoms with Gasteiger partial charge in [0, 0.05) is 24.8 Å². The Morgan fingerprint density at radius 1 is 1.09 bits per heavy atom. The van der Waals surface area contributed by atoms with E-state index in [1.165, 1.54) is 11.2 Å². The van der Waals surface area contributed by atoms with Gasteiger partial charge in [-0.15, -0.1) is 0 Å². The lowest BCUT2D eigenvalue weighted by Crippen LogP contribution is -2.42. The molecule has 8 heteroatoms. The van der Waals surface area contributed by atoms with Crippen molar-refractivity contribution >= 4 is 33.2 Å². The number of benzene rings is 1. The molecule has 0 bridgehead atoms. The second-order valence-electron chi connectivity index (χ2n) is 5.16. The normalized spacial score (nSPS) is 17.7. The number of amides is 2. The first-order chi connectivity index (χ1) is 10.4. The molecule has 0 aromatic heterocycles. The second-order valence-corrected chi connectivity index (χ2v) is 7.25. The Labute approximate surface area is 129 Å². The molecule has 1 aromatic rings. The minimum atomic E-state index is -3.31. The summed E-state index contributed by atoms with van der Waals surface area (Å²) in [6.45, 7) is 1.63. The van der Waals surface area contributed by atoms with Crippen LogP contribution in [-0.2, 0) is 19.6 Å². The van der Waals surface area contributed by atoms with Crippen LogP contribution in [0, 0.1) is 0 Å². The van der Waals surface area contributed by atoms with Crippen LogP contribution in [-0.4, -0.2) is 43.4 Å². The van der Waals surface area contributed by atoms with Crippen molar-refractivity contribution in [3.05, 3.63) is 24.3 Å². The lowest BCUT2D eigenvalue weighted by Gasteiger charge is -2.25. The third kappa shape index (κ3) is 4.54. The molecule has 1 aromatic carbocycles. The quantitative estimate of drug-likeness (QED) is 0.863. The van der Waals surface area contributed by atoms with E-state index in [4.69, 9.17) is 0 Å². The van der Waals surface area contributed by atoms with Crippen molar-refractivity contribution in [2.45, 2.75) is 19.8 Å². The van der Waals surface area contributed by atoms with E-state index in [-0.39, 0.29) is 24.1 Å². The Morgan fingerprint density at radius 2 is 1.68 bits per heavy atom. The molecule has 1 heterocycles. The van der Waals surface area contributed by atoms with Crippen molar-refractivity contribution in [1.82, 2.24) is 4.31 Å². The molecule has 1 fully saturated rings. The Bertz CT molecular complexity index is 655. The van der Waals surface area contributed by atoms with Crippen LogP contribution < -0.4 is 10.6 Å². The van der Waals surface area contributed by atoms with Gasteiger partial charge in [0.2, 0.25) is 21.8 Å². The maximum atomic E-state index is 11.9. The lowest BCUT2D eigenvalue weighted by molar-refractivity contribution is -0.116. The Hall–Kier alpha value is -1.93. The Balaban J connectivity index is 1.93. The fourth-order valence-electron chi connectivity index (χ4n) is 2.22. The van der Waals surface area contributed by atoms with Crippen LogP contribution in [0.15, 0.2) is 24.3 Å². The Morgan fingerprint density at radius 3 is 2.23 bits per heavy atom. The van der Waals surface area contributed by atoms with Gasteiger partial charge in [-0.05, 0) is 37.1 Å². The number of sulfonamides is 1. The summed E-state index contributed by atoms with van der Waals surface area (Å²) in [7, 11) is -3.31. The fraction of sp³-hybridized carbons (Fsp3) is 0.429. The number of anilines is 2. The van der Waals surface area contributed by atoms with Gasteiger partial charge in [0.15, 0.2) is 0 Å². The molecule has 0 aliphatic carbocycles. The average molecular weight is 325 g/mol. The number of nitrogens with zero attached hydrogens (tertiary/aromatic N) is 1. The molecule has 7 nitrogen and oxygen atoms in total. The van der Waals surface area contributed by atoms with Crippen molar-refractivity contribution in [3.8, 4) is 0 Å². The van der Waals surface area contributed by atoms with Gasteiger partial charge in [-0.2, -0.15) is 4.31 Å². The third-order valence-electron chi connectivity index (χ3n) is 3.26. The van der Waals surface area contributed by atoms with E-state index in [0.717, 1.165) is 6.42 Å². The third-order valence-corrected chi connectivity index (χ3v) is 5.17. The minimum absolute atomic E-state index is 0.103. The van der Waals surface area contributed by atoms with E-state index < -0.39 is 10.0 Å². The highest BCUT2D eigenvalue weighted by atomic mass is 32.2. The van der Waals surface area contributed by atoms with E-state index in [2.05, 4.69) is 10.6 Å². The van der Waals surface area contributed by atoms with Crippen molar-refractivity contribution in [3.63, 3.8) is 0 Å². The van der Waals surface area contributed by atoms with Crippen molar-refractivity contribution in [2.24, 2.45) is 0 Å². The number of hydrogen-bond acceptors (Lipinski definition) is 4. The summed E-state index contributed by atoms with van der Waals surface area (Å²) >= 11 is 0. The second kappa shape index (κ2) is 6.89. The molecule has 0 unspecified atom stereocenters. The van der Waals surface area contributed by atoms with Crippen LogP contribution >= 0.6 is 0 Å². The van der Waals surface area contributed by atoms with Crippen molar-refractivity contribution in [1.29, 1.82) is 0 Å². The molecule has 22 heavy (non-hydrogen) atoms. The first-order valence-corrected chi connectivity index (χ1v) is 8.63. The molecular weight excluding hydrogens is 306 g/mol. The predicted octanol–water partition coefficient (Wildman–Crippen LogP) is 1.01. The van der Waals surface area contributed by atoms with Crippen LogP contribution in [0.2, 0.25) is 0 Å². The highest BCUT2D eigenvalue weighted by Crippen LogP contribution is 2.15. The molecule has 1 aliphatic heterocycles. The summed E-state index contributed by atoms with van der Waals surface area (Å²) in [6, 6.07) is 6.62.